The monoisotopic (exact) mass is 280 g/mol. The molecule has 0 aliphatic heterocycles. The molecule has 0 amide bonds. The van der Waals surface area contributed by atoms with Crippen molar-refractivity contribution in [3.63, 3.8) is 0 Å². The van der Waals surface area contributed by atoms with E-state index in [-0.39, 0.29) is 5.41 Å². The molecule has 2 aromatic carbocycles. The van der Waals surface area contributed by atoms with Gasteiger partial charge in [0.25, 0.3) is 0 Å². The van der Waals surface area contributed by atoms with Crippen LogP contribution in [0.25, 0.3) is 10.8 Å². The molecule has 1 aromatic heterocycles. The van der Waals surface area contributed by atoms with E-state index >= 15 is 0 Å². The van der Waals surface area contributed by atoms with Gasteiger partial charge < -0.3 is 0 Å². The Kier molecular flexibility index (Phi) is 3.42. The third kappa shape index (κ3) is 2.40. The van der Waals surface area contributed by atoms with Crippen LogP contribution in [0.5, 0.6) is 0 Å². The topological polar surface area (TPSA) is 25.8 Å². The van der Waals surface area contributed by atoms with Gasteiger partial charge in [0.2, 0.25) is 0 Å². The van der Waals surface area contributed by atoms with Gasteiger partial charge in [-0.3, -0.25) is 9.97 Å². The van der Waals surface area contributed by atoms with E-state index in [1.165, 1.54) is 22.5 Å². The lowest BCUT2D eigenvalue weighted by molar-refractivity contribution is 0.470. The quantitative estimate of drug-likeness (QED) is 0.709. The molecular weight excluding hydrogens is 263 g/mol. The fourth-order valence-corrected chi connectivity index (χ4v) is 2.68. The molecule has 0 unspecified atom stereocenters. The van der Waals surface area contributed by atoms with Crippen LogP contribution >= 0.6 is 0 Å². The Morgan fingerprint density at radius 3 is 2.57 bits per heavy atom. The molecule has 0 atom stereocenters. The van der Waals surface area contributed by atoms with Gasteiger partial charge in [0.15, 0.2) is 0 Å². The average Bonchev–Trinajstić information content (AvgIpc) is 2.54. The maximum Gasteiger partial charge on any atom is 0.133 e. The number of fused-ring (bicyclic) bond motifs is 1. The second-order valence-corrected chi connectivity index (χ2v) is 5.68. The second-order valence-electron chi connectivity index (χ2n) is 5.68. The number of alkyl halides is 1. The molecule has 21 heavy (non-hydrogen) atoms. The van der Waals surface area contributed by atoms with E-state index in [9.17, 15) is 4.39 Å². The molecule has 0 radical (unpaired) electrons. The highest BCUT2D eigenvalue weighted by Crippen LogP contribution is 2.34. The molecule has 0 N–H and O–H groups in total. The molecule has 0 saturated carbocycles. The molecule has 3 aromatic rings. The lowest BCUT2D eigenvalue weighted by Gasteiger charge is -2.26. The molecule has 0 spiro atoms. The zero-order valence-corrected chi connectivity index (χ0v) is 12.2. The number of rotatable bonds is 3. The highest BCUT2D eigenvalue weighted by molar-refractivity contribution is 5.87. The SMILES string of the molecule is CC(C)(c1cncc(CF)n1)c1cccc2ccccc12. The molecule has 0 bridgehead atoms. The number of benzene rings is 2. The van der Waals surface area contributed by atoms with Crippen molar-refractivity contribution in [1.82, 2.24) is 9.97 Å². The maximum atomic E-state index is 12.8. The first-order valence-electron chi connectivity index (χ1n) is 6.98. The molecule has 0 aliphatic carbocycles. The van der Waals surface area contributed by atoms with Gasteiger partial charge >= 0.3 is 0 Å². The Hall–Kier alpha value is -2.29. The summed E-state index contributed by atoms with van der Waals surface area (Å²) in [6.45, 7) is 3.61. The first kappa shape index (κ1) is 13.7. The van der Waals surface area contributed by atoms with Gasteiger partial charge in [0.1, 0.15) is 6.67 Å². The minimum Gasteiger partial charge on any atom is -0.261 e. The predicted octanol–water partition coefficient (Wildman–Crippen LogP) is 4.43. The van der Waals surface area contributed by atoms with Gasteiger partial charge in [-0.05, 0) is 16.3 Å². The number of nitrogens with zero attached hydrogens (tertiary/aromatic N) is 2. The van der Waals surface area contributed by atoms with E-state index in [4.69, 9.17) is 0 Å². The lowest BCUT2D eigenvalue weighted by atomic mass is 9.79. The third-order valence-electron chi connectivity index (χ3n) is 3.92. The van der Waals surface area contributed by atoms with Crippen LogP contribution in [0.1, 0.15) is 30.8 Å². The summed E-state index contributed by atoms with van der Waals surface area (Å²) in [7, 11) is 0. The summed E-state index contributed by atoms with van der Waals surface area (Å²) in [6, 6.07) is 14.5. The zero-order chi connectivity index (χ0) is 14.9. The lowest BCUT2D eigenvalue weighted by Crippen LogP contribution is -2.22. The van der Waals surface area contributed by atoms with Crippen LogP contribution in [-0.2, 0) is 12.1 Å². The van der Waals surface area contributed by atoms with Crippen LogP contribution in [0.15, 0.2) is 54.9 Å². The number of hydrogen-bond donors (Lipinski definition) is 0. The molecular formula is C18H17FN2. The fraction of sp³-hybridized carbons (Fsp3) is 0.222. The average molecular weight is 280 g/mol. The Morgan fingerprint density at radius 1 is 1.00 bits per heavy atom. The van der Waals surface area contributed by atoms with Gasteiger partial charge in [-0.1, -0.05) is 56.3 Å². The van der Waals surface area contributed by atoms with Crippen molar-refractivity contribution in [3.8, 4) is 0 Å². The van der Waals surface area contributed by atoms with Crippen LogP contribution in [0.3, 0.4) is 0 Å². The smallest absolute Gasteiger partial charge is 0.133 e. The number of halogens is 1. The normalized spacial score (nSPS) is 11.8. The van der Waals surface area contributed by atoms with E-state index in [0.717, 1.165) is 5.69 Å². The van der Waals surface area contributed by atoms with Crippen LogP contribution in [0, 0.1) is 0 Å². The first-order chi connectivity index (χ1) is 10.1. The van der Waals surface area contributed by atoms with Crippen molar-refractivity contribution < 1.29 is 4.39 Å². The Morgan fingerprint density at radius 2 is 1.76 bits per heavy atom. The maximum absolute atomic E-state index is 12.8. The van der Waals surface area contributed by atoms with Crippen molar-refractivity contribution in [1.29, 1.82) is 0 Å². The van der Waals surface area contributed by atoms with E-state index in [2.05, 4.69) is 48.1 Å². The second kappa shape index (κ2) is 5.24. The largest absolute Gasteiger partial charge is 0.261 e. The van der Waals surface area contributed by atoms with Crippen molar-refractivity contribution in [3.05, 3.63) is 71.8 Å². The first-order valence-corrected chi connectivity index (χ1v) is 6.98. The van der Waals surface area contributed by atoms with E-state index in [0.29, 0.717) is 5.69 Å². The molecule has 0 fully saturated rings. The van der Waals surface area contributed by atoms with E-state index < -0.39 is 6.67 Å². The van der Waals surface area contributed by atoms with E-state index in [1.54, 1.807) is 6.20 Å². The Bertz CT molecular complexity index is 776. The molecule has 0 aliphatic rings. The summed E-state index contributed by atoms with van der Waals surface area (Å²) in [6.07, 6.45) is 3.20. The van der Waals surface area contributed by atoms with Gasteiger partial charge in [-0.25, -0.2) is 4.39 Å². The van der Waals surface area contributed by atoms with Crippen molar-refractivity contribution in [2.45, 2.75) is 25.9 Å². The predicted molar refractivity (Wildman–Crippen MR) is 82.9 cm³/mol. The minimum atomic E-state index is -0.591. The van der Waals surface area contributed by atoms with Gasteiger partial charge in [-0.15, -0.1) is 0 Å². The summed E-state index contributed by atoms with van der Waals surface area (Å²) >= 11 is 0. The van der Waals surface area contributed by atoms with Crippen LogP contribution < -0.4 is 0 Å². The summed E-state index contributed by atoms with van der Waals surface area (Å²) in [4.78, 5) is 8.53. The summed E-state index contributed by atoms with van der Waals surface area (Å²) in [5, 5.41) is 2.38. The molecule has 0 saturated heterocycles. The minimum absolute atomic E-state index is 0.334. The van der Waals surface area contributed by atoms with Gasteiger partial charge in [-0.2, -0.15) is 0 Å². The molecule has 3 heteroatoms. The Labute approximate surface area is 123 Å². The van der Waals surface area contributed by atoms with Gasteiger partial charge in [0, 0.05) is 11.6 Å². The van der Waals surface area contributed by atoms with Crippen LogP contribution in [0.4, 0.5) is 4.39 Å². The van der Waals surface area contributed by atoms with Crippen molar-refractivity contribution >= 4 is 10.8 Å². The molecule has 106 valence electrons. The van der Waals surface area contributed by atoms with Crippen molar-refractivity contribution in [2.24, 2.45) is 0 Å². The Balaban J connectivity index is 2.19. The molecule has 3 rings (SSSR count). The summed E-state index contributed by atoms with van der Waals surface area (Å²) in [5.74, 6) is 0. The van der Waals surface area contributed by atoms with E-state index in [1.807, 2.05) is 18.2 Å². The molecule has 1 heterocycles. The van der Waals surface area contributed by atoms with Crippen LogP contribution in [-0.4, -0.2) is 9.97 Å². The highest BCUT2D eigenvalue weighted by atomic mass is 19.1. The van der Waals surface area contributed by atoms with Gasteiger partial charge in [0.05, 0.1) is 17.6 Å². The number of aromatic nitrogens is 2. The standard InChI is InChI=1S/C18H17FN2/c1-18(2,17-12-20-11-14(10-19)21-17)16-9-5-7-13-6-3-4-8-15(13)16/h3-9,11-12H,10H2,1-2H3. The zero-order valence-electron chi connectivity index (χ0n) is 12.2. The fourth-order valence-electron chi connectivity index (χ4n) is 2.68. The van der Waals surface area contributed by atoms with Crippen molar-refractivity contribution in [2.75, 3.05) is 0 Å². The summed E-state index contributed by atoms with van der Waals surface area (Å²) < 4.78 is 12.8. The van der Waals surface area contributed by atoms with Crippen LogP contribution in [0.2, 0.25) is 0 Å². The molecule has 2 nitrogen and oxygen atoms in total. The third-order valence-corrected chi connectivity index (χ3v) is 3.92. The number of hydrogen-bond acceptors (Lipinski definition) is 2. The highest BCUT2D eigenvalue weighted by Gasteiger charge is 2.27. The summed E-state index contributed by atoms with van der Waals surface area (Å²) in [5.41, 5.74) is 2.00.